The van der Waals surface area contributed by atoms with Gasteiger partial charge in [-0.15, -0.1) is 11.3 Å². The first-order valence-electron chi connectivity index (χ1n) is 6.73. The zero-order chi connectivity index (χ0) is 14.9. The zero-order valence-electron chi connectivity index (χ0n) is 12.7. The highest BCUT2D eigenvalue weighted by Crippen LogP contribution is 2.35. The fourth-order valence-electron chi connectivity index (χ4n) is 2.00. The number of hydrogen-bond donors (Lipinski definition) is 1. The van der Waals surface area contributed by atoms with Gasteiger partial charge in [-0.2, -0.15) is 0 Å². The van der Waals surface area contributed by atoms with E-state index in [1.807, 2.05) is 18.4 Å². The van der Waals surface area contributed by atoms with Crippen LogP contribution in [0.5, 0.6) is 5.75 Å². The number of thiazole rings is 1. The van der Waals surface area contributed by atoms with Crippen LogP contribution in [0.15, 0.2) is 23.6 Å². The van der Waals surface area contributed by atoms with Crippen LogP contribution in [0.25, 0.3) is 11.3 Å². The predicted octanol–water partition coefficient (Wildman–Crippen LogP) is 4.14. The molecule has 1 atom stereocenters. The van der Waals surface area contributed by atoms with E-state index in [2.05, 4.69) is 37.9 Å². The maximum atomic E-state index is 5.89. The normalized spacial score (nSPS) is 13.3. The van der Waals surface area contributed by atoms with Crippen molar-refractivity contribution in [3.05, 3.63) is 34.2 Å². The Morgan fingerprint density at radius 3 is 2.50 bits per heavy atom. The average molecular weight is 290 g/mol. The summed E-state index contributed by atoms with van der Waals surface area (Å²) in [7, 11) is 1.69. The molecule has 0 bridgehead atoms. The Labute approximate surface area is 124 Å². The van der Waals surface area contributed by atoms with E-state index in [9.17, 15) is 0 Å². The Balaban J connectivity index is 2.52. The summed E-state index contributed by atoms with van der Waals surface area (Å²) in [4.78, 5) is 4.63. The predicted molar refractivity (Wildman–Crippen MR) is 85.4 cm³/mol. The third-order valence-electron chi connectivity index (χ3n) is 3.25. The van der Waals surface area contributed by atoms with Gasteiger partial charge >= 0.3 is 0 Å². The smallest absolute Gasteiger partial charge is 0.128 e. The van der Waals surface area contributed by atoms with Crippen LogP contribution < -0.4 is 10.5 Å². The molecule has 0 saturated heterocycles. The van der Waals surface area contributed by atoms with Crippen molar-refractivity contribution in [3.63, 3.8) is 0 Å². The third-order valence-corrected chi connectivity index (χ3v) is 4.30. The van der Waals surface area contributed by atoms with E-state index in [4.69, 9.17) is 10.5 Å². The first-order valence-corrected chi connectivity index (χ1v) is 7.61. The van der Waals surface area contributed by atoms with Crippen molar-refractivity contribution in [3.8, 4) is 17.0 Å². The van der Waals surface area contributed by atoms with Crippen LogP contribution in [-0.4, -0.2) is 12.1 Å². The summed E-state index contributed by atoms with van der Waals surface area (Å²) in [6.07, 6.45) is 0. The average Bonchev–Trinajstić information content (AvgIpc) is 2.86. The molecule has 0 amide bonds. The molecule has 0 saturated carbocycles. The zero-order valence-corrected chi connectivity index (χ0v) is 13.5. The van der Waals surface area contributed by atoms with Crippen LogP contribution in [0.4, 0.5) is 0 Å². The van der Waals surface area contributed by atoms with Gasteiger partial charge in [0.05, 0.1) is 18.8 Å². The van der Waals surface area contributed by atoms with Gasteiger partial charge in [0.25, 0.3) is 0 Å². The number of nitrogens with zero attached hydrogens (tertiary/aromatic N) is 1. The van der Waals surface area contributed by atoms with Gasteiger partial charge in [-0.3, -0.25) is 0 Å². The Hall–Kier alpha value is -1.39. The lowest BCUT2D eigenvalue weighted by atomic mass is 9.86. The van der Waals surface area contributed by atoms with Crippen LogP contribution >= 0.6 is 11.3 Å². The molecular weight excluding hydrogens is 268 g/mol. The van der Waals surface area contributed by atoms with Gasteiger partial charge in [-0.05, 0) is 30.0 Å². The lowest BCUT2D eigenvalue weighted by Crippen LogP contribution is -2.11. The first kappa shape index (κ1) is 15.0. The molecule has 3 nitrogen and oxygen atoms in total. The van der Waals surface area contributed by atoms with Crippen LogP contribution in [0.2, 0.25) is 0 Å². The van der Waals surface area contributed by atoms with Crippen molar-refractivity contribution in [1.29, 1.82) is 0 Å². The Morgan fingerprint density at radius 2 is 2.00 bits per heavy atom. The van der Waals surface area contributed by atoms with Crippen LogP contribution in [0.3, 0.4) is 0 Å². The molecule has 20 heavy (non-hydrogen) atoms. The van der Waals surface area contributed by atoms with E-state index in [0.717, 1.165) is 22.0 Å². The van der Waals surface area contributed by atoms with Crippen molar-refractivity contribution < 1.29 is 4.74 Å². The minimum atomic E-state index is -0.0365. The molecule has 0 fully saturated rings. The molecule has 0 aliphatic heterocycles. The SMILES string of the molecule is COc1ccc(C(C)(C)C)cc1-c1csc(C(C)N)n1. The maximum Gasteiger partial charge on any atom is 0.128 e. The number of methoxy groups -OCH3 is 1. The van der Waals surface area contributed by atoms with Gasteiger partial charge in [0.2, 0.25) is 0 Å². The molecular formula is C16H22N2OS. The molecule has 0 spiro atoms. The summed E-state index contributed by atoms with van der Waals surface area (Å²) in [5.41, 5.74) is 9.22. The Bertz CT molecular complexity index is 597. The number of aromatic nitrogens is 1. The highest BCUT2D eigenvalue weighted by molar-refractivity contribution is 7.10. The van der Waals surface area contributed by atoms with Crippen molar-refractivity contribution in [2.24, 2.45) is 5.73 Å². The second-order valence-corrected chi connectivity index (χ2v) is 6.91. The minimum Gasteiger partial charge on any atom is -0.496 e. The molecule has 2 aromatic rings. The quantitative estimate of drug-likeness (QED) is 0.924. The van der Waals surface area contributed by atoms with Gasteiger partial charge < -0.3 is 10.5 Å². The molecule has 4 heteroatoms. The molecule has 0 aliphatic carbocycles. The molecule has 2 N–H and O–H groups in total. The Kier molecular flexibility index (Phi) is 4.16. The molecule has 1 aromatic carbocycles. The highest BCUT2D eigenvalue weighted by Gasteiger charge is 2.18. The summed E-state index contributed by atoms with van der Waals surface area (Å²) in [5.74, 6) is 0.847. The van der Waals surface area contributed by atoms with Gasteiger partial charge in [0.1, 0.15) is 10.8 Å². The van der Waals surface area contributed by atoms with Crippen LogP contribution in [0.1, 0.15) is 44.3 Å². The minimum absolute atomic E-state index is 0.0365. The van der Waals surface area contributed by atoms with Crippen molar-refractivity contribution in [1.82, 2.24) is 4.98 Å². The standard InChI is InChI=1S/C16H22N2OS/c1-10(17)15-18-13(9-20-15)12-8-11(16(2,3)4)6-7-14(12)19-5/h6-10H,17H2,1-5H3. The number of nitrogens with two attached hydrogens (primary N) is 1. The van der Waals surface area contributed by atoms with E-state index in [-0.39, 0.29) is 11.5 Å². The third kappa shape index (κ3) is 3.02. The van der Waals surface area contributed by atoms with Crippen molar-refractivity contribution in [2.75, 3.05) is 7.11 Å². The summed E-state index contributed by atoms with van der Waals surface area (Å²) < 4.78 is 5.47. The van der Waals surface area contributed by atoms with Gasteiger partial charge in [-0.25, -0.2) is 4.98 Å². The molecule has 0 radical (unpaired) electrons. The van der Waals surface area contributed by atoms with E-state index in [1.165, 1.54) is 5.56 Å². The van der Waals surface area contributed by atoms with E-state index >= 15 is 0 Å². The molecule has 0 aliphatic rings. The second-order valence-electron chi connectivity index (χ2n) is 6.02. The van der Waals surface area contributed by atoms with E-state index < -0.39 is 0 Å². The fraction of sp³-hybridized carbons (Fsp3) is 0.438. The summed E-state index contributed by atoms with van der Waals surface area (Å²) in [5, 5.41) is 2.99. The van der Waals surface area contributed by atoms with E-state index in [1.54, 1.807) is 18.4 Å². The molecule has 1 heterocycles. The first-order chi connectivity index (χ1) is 9.32. The number of benzene rings is 1. The molecule has 1 aromatic heterocycles. The van der Waals surface area contributed by atoms with Crippen molar-refractivity contribution in [2.45, 2.75) is 39.2 Å². The summed E-state index contributed by atoms with van der Waals surface area (Å²) >= 11 is 1.59. The topological polar surface area (TPSA) is 48.1 Å². The summed E-state index contributed by atoms with van der Waals surface area (Å²) in [6.45, 7) is 8.55. The van der Waals surface area contributed by atoms with Gasteiger partial charge in [0.15, 0.2) is 0 Å². The maximum absolute atomic E-state index is 5.89. The molecule has 2 rings (SSSR count). The monoisotopic (exact) mass is 290 g/mol. The number of hydrogen-bond acceptors (Lipinski definition) is 4. The lowest BCUT2D eigenvalue weighted by Gasteiger charge is -2.20. The van der Waals surface area contributed by atoms with E-state index in [0.29, 0.717) is 0 Å². The largest absolute Gasteiger partial charge is 0.496 e. The van der Waals surface area contributed by atoms with Gasteiger partial charge in [-0.1, -0.05) is 26.8 Å². The highest BCUT2D eigenvalue weighted by atomic mass is 32.1. The fourth-order valence-corrected chi connectivity index (χ4v) is 2.77. The number of rotatable bonds is 3. The van der Waals surface area contributed by atoms with Gasteiger partial charge in [0, 0.05) is 10.9 Å². The summed E-state index contributed by atoms with van der Waals surface area (Å²) in [6, 6.07) is 6.26. The molecule has 1 unspecified atom stereocenters. The second kappa shape index (κ2) is 5.54. The van der Waals surface area contributed by atoms with Crippen molar-refractivity contribution >= 4 is 11.3 Å². The number of ether oxygens (including phenoxy) is 1. The lowest BCUT2D eigenvalue weighted by molar-refractivity contribution is 0.415. The van der Waals surface area contributed by atoms with Crippen LogP contribution in [-0.2, 0) is 5.41 Å². The van der Waals surface area contributed by atoms with Crippen LogP contribution in [0, 0.1) is 0 Å². The Morgan fingerprint density at radius 1 is 1.30 bits per heavy atom. The molecule has 108 valence electrons.